The number of hydrogen-bond donors (Lipinski definition) is 1. The van der Waals surface area contributed by atoms with Gasteiger partial charge in [0.2, 0.25) is 10.0 Å². The third-order valence-electron chi connectivity index (χ3n) is 3.45. The summed E-state index contributed by atoms with van der Waals surface area (Å²) in [6.07, 6.45) is 1.25. The first kappa shape index (κ1) is 16.5. The van der Waals surface area contributed by atoms with E-state index < -0.39 is 10.0 Å². The number of pyridine rings is 1. The molecule has 1 saturated heterocycles. The van der Waals surface area contributed by atoms with Gasteiger partial charge < -0.3 is 5.32 Å². The second-order valence-electron chi connectivity index (χ2n) is 5.09. The molecule has 0 aliphatic carbocycles. The SMILES string of the molecule is CCNc1ccc(Cl)c(CN2CCN(S(C)(=O)=O)CC2)n1. The van der Waals surface area contributed by atoms with E-state index in [0.717, 1.165) is 18.1 Å². The van der Waals surface area contributed by atoms with Crippen LogP contribution in [0.15, 0.2) is 12.1 Å². The van der Waals surface area contributed by atoms with E-state index >= 15 is 0 Å². The Hall–Kier alpha value is -0.890. The first-order valence-corrected chi connectivity index (χ1v) is 9.19. The standard InChI is InChI=1S/C13H21ClN4O2S/c1-3-15-13-5-4-11(14)12(16-13)10-17-6-8-18(9-7-17)21(2,19)20/h4-5H,3,6-10H2,1-2H3,(H,15,16). The van der Waals surface area contributed by atoms with Gasteiger partial charge in [-0.05, 0) is 19.1 Å². The Morgan fingerprint density at radius 3 is 2.52 bits per heavy atom. The van der Waals surface area contributed by atoms with Gasteiger partial charge in [-0.2, -0.15) is 4.31 Å². The number of aromatic nitrogens is 1. The topological polar surface area (TPSA) is 65.5 Å². The lowest BCUT2D eigenvalue weighted by Gasteiger charge is -2.33. The van der Waals surface area contributed by atoms with E-state index in [1.54, 1.807) is 0 Å². The Kier molecular flexibility index (Phi) is 5.43. The summed E-state index contributed by atoms with van der Waals surface area (Å²) < 4.78 is 24.5. The lowest BCUT2D eigenvalue weighted by atomic mass is 10.3. The van der Waals surface area contributed by atoms with E-state index in [4.69, 9.17) is 11.6 Å². The highest BCUT2D eigenvalue weighted by Crippen LogP contribution is 2.19. The van der Waals surface area contributed by atoms with Crippen LogP contribution >= 0.6 is 11.6 Å². The first-order chi connectivity index (χ1) is 9.90. The van der Waals surface area contributed by atoms with E-state index in [-0.39, 0.29) is 0 Å². The summed E-state index contributed by atoms with van der Waals surface area (Å²) >= 11 is 6.19. The fraction of sp³-hybridized carbons (Fsp3) is 0.615. The van der Waals surface area contributed by atoms with Gasteiger partial charge in [-0.1, -0.05) is 11.6 Å². The zero-order chi connectivity index (χ0) is 15.5. The molecule has 0 atom stereocenters. The van der Waals surface area contributed by atoms with Crippen molar-refractivity contribution in [2.24, 2.45) is 0 Å². The van der Waals surface area contributed by atoms with Gasteiger partial charge in [0.15, 0.2) is 0 Å². The minimum Gasteiger partial charge on any atom is -0.370 e. The summed E-state index contributed by atoms with van der Waals surface area (Å²) in [7, 11) is -3.09. The fourth-order valence-electron chi connectivity index (χ4n) is 2.31. The van der Waals surface area contributed by atoms with Crippen LogP contribution in [0.4, 0.5) is 5.82 Å². The van der Waals surface area contributed by atoms with E-state index in [9.17, 15) is 8.42 Å². The van der Waals surface area contributed by atoms with E-state index in [1.807, 2.05) is 19.1 Å². The molecule has 0 unspecified atom stereocenters. The quantitative estimate of drug-likeness (QED) is 0.879. The van der Waals surface area contributed by atoms with Crippen molar-refractivity contribution < 1.29 is 8.42 Å². The normalized spacial score (nSPS) is 17.9. The third kappa shape index (κ3) is 4.54. The molecule has 0 bridgehead atoms. The van der Waals surface area contributed by atoms with Gasteiger partial charge in [0.1, 0.15) is 5.82 Å². The molecule has 1 aliphatic heterocycles. The molecule has 1 aromatic heterocycles. The number of rotatable bonds is 5. The molecular formula is C13H21ClN4O2S. The third-order valence-corrected chi connectivity index (χ3v) is 5.10. The summed E-state index contributed by atoms with van der Waals surface area (Å²) in [6, 6.07) is 3.70. The van der Waals surface area contributed by atoms with Crippen molar-refractivity contribution in [3.63, 3.8) is 0 Å². The molecule has 8 heteroatoms. The van der Waals surface area contributed by atoms with Gasteiger partial charge in [0.25, 0.3) is 0 Å². The zero-order valence-corrected chi connectivity index (χ0v) is 13.9. The van der Waals surface area contributed by atoms with E-state index in [2.05, 4.69) is 15.2 Å². The molecular weight excluding hydrogens is 312 g/mol. The number of hydrogen-bond acceptors (Lipinski definition) is 5. The number of halogens is 1. The van der Waals surface area contributed by atoms with Crippen molar-refractivity contribution in [1.29, 1.82) is 0 Å². The minimum absolute atomic E-state index is 0.517. The Labute approximate surface area is 131 Å². The summed E-state index contributed by atoms with van der Waals surface area (Å²) in [6.45, 7) is 5.87. The fourth-order valence-corrected chi connectivity index (χ4v) is 3.30. The van der Waals surface area contributed by atoms with Crippen LogP contribution in [0.1, 0.15) is 12.6 Å². The molecule has 21 heavy (non-hydrogen) atoms. The minimum atomic E-state index is -3.09. The summed E-state index contributed by atoms with van der Waals surface area (Å²) in [4.78, 5) is 6.68. The molecule has 1 aliphatic rings. The lowest BCUT2D eigenvalue weighted by Crippen LogP contribution is -2.47. The number of piperazine rings is 1. The summed E-state index contributed by atoms with van der Waals surface area (Å²) in [5.41, 5.74) is 0.822. The summed E-state index contributed by atoms with van der Waals surface area (Å²) in [5.74, 6) is 0.812. The molecule has 0 aromatic carbocycles. The van der Waals surface area contributed by atoms with Crippen LogP contribution in [0.25, 0.3) is 0 Å². The van der Waals surface area contributed by atoms with Crippen LogP contribution in [0.3, 0.4) is 0 Å². The molecule has 0 amide bonds. The maximum absolute atomic E-state index is 11.5. The molecule has 0 spiro atoms. The average molecular weight is 333 g/mol. The van der Waals surface area contributed by atoms with Crippen molar-refractivity contribution >= 4 is 27.4 Å². The van der Waals surface area contributed by atoms with Crippen molar-refractivity contribution in [3.8, 4) is 0 Å². The average Bonchev–Trinajstić information content (AvgIpc) is 2.42. The van der Waals surface area contributed by atoms with Gasteiger partial charge in [-0.25, -0.2) is 13.4 Å². The smallest absolute Gasteiger partial charge is 0.211 e. The zero-order valence-electron chi connectivity index (χ0n) is 12.3. The van der Waals surface area contributed by atoms with Crippen LogP contribution in [0, 0.1) is 0 Å². The number of sulfonamides is 1. The number of anilines is 1. The van der Waals surface area contributed by atoms with Gasteiger partial charge in [0.05, 0.1) is 17.0 Å². The first-order valence-electron chi connectivity index (χ1n) is 6.97. The molecule has 1 aromatic rings. The Morgan fingerprint density at radius 1 is 1.29 bits per heavy atom. The molecule has 1 N–H and O–H groups in total. The van der Waals surface area contributed by atoms with Crippen LogP contribution in [-0.4, -0.2) is 61.6 Å². The predicted molar refractivity (Wildman–Crippen MR) is 85.1 cm³/mol. The Balaban J connectivity index is 1.99. The van der Waals surface area contributed by atoms with Crippen molar-refractivity contribution in [2.75, 3.05) is 44.3 Å². The van der Waals surface area contributed by atoms with Crippen LogP contribution in [0.2, 0.25) is 5.02 Å². The molecule has 2 heterocycles. The van der Waals surface area contributed by atoms with Gasteiger partial charge >= 0.3 is 0 Å². The maximum atomic E-state index is 11.5. The monoisotopic (exact) mass is 332 g/mol. The molecule has 2 rings (SSSR count). The second-order valence-corrected chi connectivity index (χ2v) is 7.48. The van der Waals surface area contributed by atoms with Crippen molar-refractivity contribution in [3.05, 3.63) is 22.8 Å². The van der Waals surface area contributed by atoms with E-state index in [1.165, 1.54) is 10.6 Å². The highest BCUT2D eigenvalue weighted by molar-refractivity contribution is 7.88. The van der Waals surface area contributed by atoms with Crippen LogP contribution in [-0.2, 0) is 16.6 Å². The van der Waals surface area contributed by atoms with Gasteiger partial charge in [0, 0.05) is 39.3 Å². The van der Waals surface area contributed by atoms with Gasteiger partial charge in [-0.15, -0.1) is 0 Å². The molecule has 0 radical (unpaired) electrons. The lowest BCUT2D eigenvalue weighted by molar-refractivity contribution is 0.180. The largest absolute Gasteiger partial charge is 0.370 e. The number of nitrogens with zero attached hydrogens (tertiary/aromatic N) is 3. The predicted octanol–water partition coefficient (Wildman–Crippen LogP) is 1.24. The van der Waals surface area contributed by atoms with Gasteiger partial charge in [-0.3, -0.25) is 4.90 Å². The maximum Gasteiger partial charge on any atom is 0.211 e. The highest BCUT2D eigenvalue weighted by Gasteiger charge is 2.23. The van der Waals surface area contributed by atoms with Crippen LogP contribution < -0.4 is 5.32 Å². The van der Waals surface area contributed by atoms with Crippen LogP contribution in [0.5, 0.6) is 0 Å². The van der Waals surface area contributed by atoms with Crippen molar-refractivity contribution in [1.82, 2.24) is 14.2 Å². The highest BCUT2D eigenvalue weighted by atomic mass is 35.5. The second kappa shape index (κ2) is 6.91. The molecule has 6 nitrogen and oxygen atoms in total. The molecule has 118 valence electrons. The Bertz CT molecular complexity index is 586. The van der Waals surface area contributed by atoms with Crippen molar-refractivity contribution in [2.45, 2.75) is 13.5 Å². The number of nitrogens with one attached hydrogen (secondary N) is 1. The Morgan fingerprint density at radius 2 is 1.95 bits per heavy atom. The molecule has 1 fully saturated rings. The van der Waals surface area contributed by atoms with E-state index in [0.29, 0.717) is 37.7 Å². The summed E-state index contributed by atoms with van der Waals surface area (Å²) in [5, 5.41) is 3.80. The molecule has 0 saturated carbocycles.